The number of halogens is 1. The Morgan fingerprint density at radius 2 is 2.02 bits per heavy atom. The molecule has 7 nitrogen and oxygen atoms in total. The molecule has 46 heavy (non-hydrogen) atoms. The second kappa shape index (κ2) is 13.9. The molecule has 3 aliphatic rings. The molecule has 1 heterocycles. The summed E-state index contributed by atoms with van der Waals surface area (Å²) in [6.45, 7) is 13.0. The van der Waals surface area contributed by atoms with Gasteiger partial charge >= 0.3 is 0 Å². The lowest BCUT2D eigenvalue weighted by Crippen LogP contribution is -2.50. The number of amides is 1. The van der Waals surface area contributed by atoms with Crippen molar-refractivity contribution in [3.05, 3.63) is 83.4 Å². The van der Waals surface area contributed by atoms with Crippen LogP contribution in [0.15, 0.2) is 61.7 Å². The van der Waals surface area contributed by atoms with E-state index in [1.54, 1.807) is 30.2 Å². The van der Waals surface area contributed by atoms with E-state index in [0.29, 0.717) is 44.0 Å². The minimum atomic E-state index is -2.02. The van der Waals surface area contributed by atoms with Gasteiger partial charge in [-0.15, -0.1) is 13.2 Å². The van der Waals surface area contributed by atoms with Crippen LogP contribution in [0.4, 0.5) is 5.69 Å². The van der Waals surface area contributed by atoms with Crippen LogP contribution < -0.4 is 9.64 Å². The first-order chi connectivity index (χ1) is 22.0. The number of Topliss-reactive ketones (excluding diaryl/α,β-unsaturated/α-hetero) is 1. The number of fused-ring (bicyclic) bond motifs is 3. The molecule has 8 heteroatoms. The van der Waals surface area contributed by atoms with Crippen molar-refractivity contribution in [1.82, 2.24) is 4.90 Å². The van der Waals surface area contributed by atoms with E-state index in [1.165, 1.54) is 18.1 Å². The number of aryl methyl sites for hydroxylation is 1. The van der Waals surface area contributed by atoms with E-state index in [2.05, 4.69) is 30.2 Å². The number of carbonyl (C=O) groups is 2. The van der Waals surface area contributed by atoms with E-state index in [4.69, 9.17) is 16.3 Å². The fourth-order valence-corrected chi connectivity index (χ4v) is 8.23. The van der Waals surface area contributed by atoms with E-state index >= 15 is 0 Å². The van der Waals surface area contributed by atoms with Gasteiger partial charge in [-0.05, 0) is 105 Å². The third-order valence-electron chi connectivity index (χ3n) is 10.9. The summed E-state index contributed by atoms with van der Waals surface area (Å²) in [5.41, 5.74) is 1.35. The van der Waals surface area contributed by atoms with Crippen molar-refractivity contribution >= 4 is 29.0 Å². The van der Waals surface area contributed by atoms with Crippen LogP contribution in [0.3, 0.4) is 0 Å². The summed E-state index contributed by atoms with van der Waals surface area (Å²) in [5.74, 6) is -0.689. The number of benzene rings is 2. The zero-order valence-corrected chi connectivity index (χ0v) is 28.3. The largest absolute Gasteiger partial charge is 0.490 e. The van der Waals surface area contributed by atoms with Crippen LogP contribution in [-0.4, -0.2) is 66.2 Å². The Kier molecular flexibility index (Phi) is 10.4. The van der Waals surface area contributed by atoms with E-state index in [9.17, 15) is 19.8 Å². The number of aliphatic hydroxyl groups is 2. The zero-order chi connectivity index (χ0) is 33.2. The number of ketones is 1. The summed E-state index contributed by atoms with van der Waals surface area (Å²) in [7, 11) is 1.70. The predicted molar refractivity (Wildman–Crippen MR) is 183 cm³/mol. The average molecular weight is 649 g/mol. The van der Waals surface area contributed by atoms with Gasteiger partial charge in [0.15, 0.2) is 11.4 Å². The highest BCUT2D eigenvalue weighted by Gasteiger charge is 2.49. The number of hydrogen-bond acceptors (Lipinski definition) is 6. The fourth-order valence-electron chi connectivity index (χ4n) is 8.04. The molecular formula is C38H49ClN2O5. The predicted octanol–water partition coefficient (Wildman–Crippen LogP) is 6.22. The second-order valence-electron chi connectivity index (χ2n) is 13.6. The van der Waals surface area contributed by atoms with E-state index < -0.39 is 23.4 Å². The molecule has 1 aliphatic heterocycles. The van der Waals surface area contributed by atoms with E-state index in [0.717, 1.165) is 42.8 Å². The molecule has 2 aromatic rings. The van der Waals surface area contributed by atoms with Gasteiger partial charge in [-0.2, -0.15) is 0 Å². The molecule has 2 aliphatic carbocycles. The summed E-state index contributed by atoms with van der Waals surface area (Å²) in [4.78, 5) is 31.0. The number of ether oxygens (including phenoxy) is 1. The van der Waals surface area contributed by atoms with Gasteiger partial charge in [-0.1, -0.05) is 42.8 Å². The molecule has 1 fully saturated rings. The maximum absolute atomic E-state index is 13.7. The molecule has 0 bridgehead atoms. The first-order valence-electron chi connectivity index (χ1n) is 16.7. The first-order valence-corrected chi connectivity index (χ1v) is 17.1. The Morgan fingerprint density at radius 1 is 1.24 bits per heavy atom. The molecule has 0 saturated heterocycles. The third-order valence-corrected chi connectivity index (χ3v) is 11.1. The number of aliphatic hydroxyl groups excluding tert-OH is 1. The minimum Gasteiger partial charge on any atom is -0.490 e. The highest BCUT2D eigenvalue weighted by molar-refractivity contribution is 6.30. The molecule has 5 rings (SSSR count). The number of anilines is 1. The summed E-state index contributed by atoms with van der Waals surface area (Å²) in [5, 5.41) is 23.7. The van der Waals surface area contributed by atoms with Crippen molar-refractivity contribution in [1.29, 1.82) is 0 Å². The summed E-state index contributed by atoms with van der Waals surface area (Å²) in [6.07, 6.45) is 8.54. The maximum atomic E-state index is 13.7. The Bertz CT molecular complexity index is 1480. The van der Waals surface area contributed by atoms with Crippen molar-refractivity contribution in [2.45, 2.75) is 75.9 Å². The van der Waals surface area contributed by atoms with Crippen LogP contribution in [0, 0.1) is 17.8 Å². The molecule has 1 amide bonds. The number of rotatable bonds is 12. The van der Waals surface area contributed by atoms with Crippen LogP contribution in [-0.2, 0) is 27.0 Å². The molecular weight excluding hydrogens is 600 g/mol. The summed E-state index contributed by atoms with van der Waals surface area (Å²) in [6, 6.07) is 11.6. The number of carbonyl (C=O) groups excluding carboxylic acids is 2. The molecule has 0 radical (unpaired) electrons. The normalized spacial score (nSPS) is 24.6. The smallest absolute Gasteiger partial charge is 0.229 e. The van der Waals surface area contributed by atoms with Gasteiger partial charge in [-0.3, -0.25) is 9.59 Å². The SMILES string of the molecule is C=CCCN(C)C(=O)[C@H](CC)[C@@](O)(C(C)=O)c1ccc2c(c1)N(C[C@@H]1CC[C@H]1[C@@H](O)C=C)C[C@@]1(CCCc3cc(Cl)ccc31)CO2. The average Bonchev–Trinajstić information content (AvgIpc) is 3.18. The van der Waals surface area contributed by atoms with Crippen molar-refractivity contribution in [2.75, 3.05) is 38.2 Å². The molecule has 2 N–H and O–H groups in total. The lowest BCUT2D eigenvalue weighted by molar-refractivity contribution is -0.156. The monoisotopic (exact) mass is 648 g/mol. The minimum absolute atomic E-state index is 0.115. The van der Waals surface area contributed by atoms with Crippen molar-refractivity contribution < 1.29 is 24.5 Å². The highest BCUT2D eigenvalue weighted by Crippen LogP contribution is 2.48. The third kappa shape index (κ3) is 6.26. The van der Waals surface area contributed by atoms with E-state index in [1.807, 2.05) is 25.1 Å². The van der Waals surface area contributed by atoms with Crippen molar-refractivity contribution in [2.24, 2.45) is 17.8 Å². The topological polar surface area (TPSA) is 90.3 Å². The lowest BCUT2D eigenvalue weighted by atomic mass is 9.68. The lowest BCUT2D eigenvalue weighted by Gasteiger charge is -2.45. The fraction of sp³-hybridized carbons (Fsp3) is 0.526. The Morgan fingerprint density at radius 3 is 2.67 bits per heavy atom. The number of nitrogens with zero attached hydrogens (tertiary/aromatic N) is 2. The van der Waals surface area contributed by atoms with Crippen molar-refractivity contribution in [3.63, 3.8) is 0 Å². The molecule has 248 valence electrons. The van der Waals surface area contributed by atoms with Crippen LogP contribution >= 0.6 is 11.6 Å². The molecule has 2 aromatic carbocycles. The van der Waals surface area contributed by atoms with Gasteiger partial charge in [0.2, 0.25) is 5.91 Å². The summed E-state index contributed by atoms with van der Waals surface area (Å²) < 4.78 is 6.64. The Labute approximate surface area is 278 Å². The first kappa shape index (κ1) is 34.2. The van der Waals surface area contributed by atoms with Crippen molar-refractivity contribution in [3.8, 4) is 5.75 Å². The Hall–Kier alpha value is -3.13. The van der Waals surface area contributed by atoms with Gasteiger partial charge < -0.3 is 24.7 Å². The van der Waals surface area contributed by atoms with Gasteiger partial charge in [0.05, 0.1) is 24.3 Å². The maximum Gasteiger partial charge on any atom is 0.229 e. The molecule has 0 aromatic heterocycles. The van der Waals surface area contributed by atoms with Gasteiger partial charge in [0.1, 0.15) is 5.75 Å². The van der Waals surface area contributed by atoms with Gasteiger partial charge in [0, 0.05) is 37.1 Å². The van der Waals surface area contributed by atoms with Crippen LogP contribution in [0.2, 0.25) is 5.02 Å². The second-order valence-corrected chi connectivity index (χ2v) is 14.1. The standard InChI is InChI=1S/C38H49ClN2O5/c1-6-9-19-40(5)36(44)31(7-2)38(45,25(4)42)28-13-17-35-33(21-28)41(22-27-12-15-30(27)34(43)8-3)23-37(24-46-35)18-10-11-26-20-29(39)14-16-32(26)37/h6,8,13-14,16-17,20-21,27,30-31,34,43,45H,1,3,7,9-12,15,18-19,22-24H2,2,4-5H3/t27-,30+,31-,34-,37-,38+/m0/s1. The Balaban J connectivity index is 1.58. The van der Waals surface area contributed by atoms with Crippen LogP contribution in [0.25, 0.3) is 0 Å². The van der Waals surface area contributed by atoms with Crippen LogP contribution in [0.5, 0.6) is 5.75 Å². The van der Waals surface area contributed by atoms with E-state index in [-0.39, 0.29) is 29.6 Å². The number of hydrogen-bond donors (Lipinski definition) is 2. The van der Waals surface area contributed by atoms with Gasteiger partial charge in [0.25, 0.3) is 0 Å². The zero-order valence-electron chi connectivity index (χ0n) is 27.5. The van der Waals surface area contributed by atoms with Crippen LogP contribution in [0.1, 0.15) is 69.1 Å². The molecule has 6 atom stereocenters. The quantitative estimate of drug-likeness (QED) is 0.266. The van der Waals surface area contributed by atoms with Gasteiger partial charge in [-0.25, -0.2) is 0 Å². The molecule has 1 spiro atoms. The molecule has 0 unspecified atom stereocenters. The summed E-state index contributed by atoms with van der Waals surface area (Å²) >= 11 is 6.43. The molecule has 1 saturated carbocycles. The highest BCUT2D eigenvalue weighted by atomic mass is 35.5.